The second kappa shape index (κ2) is 5.18. The molecular formula is C11H20O2. The van der Waals surface area contributed by atoms with Crippen molar-refractivity contribution in [2.75, 3.05) is 0 Å². The van der Waals surface area contributed by atoms with E-state index in [9.17, 15) is 9.90 Å². The molecule has 1 atom stereocenters. The van der Waals surface area contributed by atoms with Crippen LogP contribution >= 0.6 is 0 Å². The van der Waals surface area contributed by atoms with Gasteiger partial charge in [-0.15, -0.1) is 0 Å². The first-order chi connectivity index (χ1) is 5.83. The first-order valence-electron chi connectivity index (χ1n) is 4.75. The van der Waals surface area contributed by atoms with Crippen LogP contribution in [-0.2, 0) is 4.79 Å². The Kier molecular flexibility index (Phi) is 4.92. The highest BCUT2D eigenvalue weighted by molar-refractivity contribution is 5.87. The van der Waals surface area contributed by atoms with E-state index >= 15 is 0 Å². The third-order valence-electron chi connectivity index (χ3n) is 1.90. The number of hydrogen-bond donors (Lipinski definition) is 1. The maximum Gasteiger partial charge on any atom is 0.152 e. The third-order valence-corrected chi connectivity index (χ3v) is 1.90. The van der Waals surface area contributed by atoms with Crippen molar-refractivity contribution in [2.24, 2.45) is 5.92 Å². The van der Waals surface area contributed by atoms with Crippen LogP contribution in [0.15, 0.2) is 12.2 Å². The first-order valence-corrected chi connectivity index (χ1v) is 4.75. The van der Waals surface area contributed by atoms with E-state index in [0.29, 0.717) is 12.3 Å². The average molecular weight is 184 g/mol. The molecule has 2 heteroatoms. The second-order valence-electron chi connectivity index (χ2n) is 4.23. The lowest BCUT2D eigenvalue weighted by Gasteiger charge is -2.19. The Hall–Kier alpha value is -0.630. The van der Waals surface area contributed by atoms with Crippen molar-refractivity contribution >= 4 is 5.78 Å². The number of ketones is 1. The highest BCUT2D eigenvalue weighted by Crippen LogP contribution is 2.17. The standard InChI is InChI=1S/C11H20O2/c1-9(2)5-7-11(4,13)8-6-10(3)12/h6,8-9,13H,5,7H2,1-4H3. The third kappa shape index (κ3) is 7.72. The van der Waals surface area contributed by atoms with Crippen molar-refractivity contribution in [2.45, 2.75) is 46.1 Å². The lowest BCUT2D eigenvalue weighted by atomic mass is 9.95. The Morgan fingerprint density at radius 3 is 2.46 bits per heavy atom. The molecule has 0 amide bonds. The van der Waals surface area contributed by atoms with Gasteiger partial charge in [-0.2, -0.15) is 0 Å². The van der Waals surface area contributed by atoms with Crippen molar-refractivity contribution in [3.8, 4) is 0 Å². The highest BCUT2D eigenvalue weighted by Gasteiger charge is 2.16. The van der Waals surface area contributed by atoms with Crippen LogP contribution in [0.1, 0.15) is 40.5 Å². The van der Waals surface area contributed by atoms with Gasteiger partial charge in [-0.1, -0.05) is 13.8 Å². The summed E-state index contributed by atoms with van der Waals surface area (Å²) in [7, 11) is 0. The zero-order valence-corrected chi connectivity index (χ0v) is 9.00. The van der Waals surface area contributed by atoms with E-state index in [-0.39, 0.29) is 5.78 Å². The van der Waals surface area contributed by atoms with Gasteiger partial charge in [0, 0.05) is 0 Å². The maximum absolute atomic E-state index is 10.6. The average Bonchev–Trinajstić information content (AvgIpc) is 1.98. The Morgan fingerprint density at radius 2 is 2.08 bits per heavy atom. The van der Waals surface area contributed by atoms with Crippen molar-refractivity contribution in [1.82, 2.24) is 0 Å². The number of hydrogen-bond acceptors (Lipinski definition) is 2. The molecule has 0 fully saturated rings. The lowest BCUT2D eigenvalue weighted by molar-refractivity contribution is -0.112. The Labute approximate surface area is 80.7 Å². The number of rotatable bonds is 5. The number of allylic oxidation sites excluding steroid dienone is 1. The van der Waals surface area contributed by atoms with E-state index in [1.54, 1.807) is 13.0 Å². The van der Waals surface area contributed by atoms with Crippen LogP contribution in [0.3, 0.4) is 0 Å². The van der Waals surface area contributed by atoms with Gasteiger partial charge in [0.2, 0.25) is 0 Å². The largest absolute Gasteiger partial charge is 0.386 e. The monoisotopic (exact) mass is 184 g/mol. The van der Waals surface area contributed by atoms with E-state index in [2.05, 4.69) is 13.8 Å². The minimum absolute atomic E-state index is 0.0233. The molecule has 0 aliphatic carbocycles. The van der Waals surface area contributed by atoms with E-state index in [1.807, 2.05) is 0 Å². The van der Waals surface area contributed by atoms with Gasteiger partial charge in [-0.05, 0) is 44.8 Å². The smallest absolute Gasteiger partial charge is 0.152 e. The molecule has 0 spiro atoms. The van der Waals surface area contributed by atoms with Crippen molar-refractivity contribution in [1.29, 1.82) is 0 Å². The number of aliphatic hydroxyl groups is 1. The molecule has 0 heterocycles. The summed E-state index contributed by atoms with van der Waals surface area (Å²) in [6.07, 6.45) is 4.68. The lowest BCUT2D eigenvalue weighted by Crippen LogP contribution is -2.21. The summed E-state index contributed by atoms with van der Waals surface area (Å²) < 4.78 is 0. The van der Waals surface area contributed by atoms with E-state index in [0.717, 1.165) is 6.42 Å². The van der Waals surface area contributed by atoms with Crippen molar-refractivity contribution in [3.05, 3.63) is 12.2 Å². The number of carbonyl (C=O) groups is 1. The maximum atomic E-state index is 10.6. The fourth-order valence-electron chi connectivity index (χ4n) is 0.961. The first kappa shape index (κ1) is 12.4. The van der Waals surface area contributed by atoms with Crippen LogP contribution in [0, 0.1) is 5.92 Å². The molecular weight excluding hydrogens is 164 g/mol. The van der Waals surface area contributed by atoms with Crippen LogP contribution in [-0.4, -0.2) is 16.5 Å². The van der Waals surface area contributed by atoms with Crippen molar-refractivity contribution in [3.63, 3.8) is 0 Å². The summed E-state index contributed by atoms with van der Waals surface area (Å²) in [4.78, 5) is 10.6. The van der Waals surface area contributed by atoms with Crippen LogP contribution in [0.25, 0.3) is 0 Å². The molecule has 0 aromatic carbocycles. The SMILES string of the molecule is CC(=O)C=CC(C)(O)CCC(C)C. The summed E-state index contributed by atoms with van der Waals surface area (Å²) in [5, 5.41) is 9.77. The van der Waals surface area contributed by atoms with E-state index in [4.69, 9.17) is 0 Å². The molecule has 76 valence electrons. The van der Waals surface area contributed by atoms with Crippen molar-refractivity contribution < 1.29 is 9.90 Å². The predicted molar refractivity (Wildman–Crippen MR) is 54.5 cm³/mol. The van der Waals surface area contributed by atoms with Gasteiger partial charge in [-0.25, -0.2) is 0 Å². The Balaban J connectivity index is 4.00. The van der Waals surface area contributed by atoms with Gasteiger partial charge in [0.05, 0.1) is 5.60 Å². The van der Waals surface area contributed by atoms with Gasteiger partial charge in [0.25, 0.3) is 0 Å². The topological polar surface area (TPSA) is 37.3 Å². The van der Waals surface area contributed by atoms with E-state index < -0.39 is 5.60 Å². The second-order valence-corrected chi connectivity index (χ2v) is 4.23. The minimum Gasteiger partial charge on any atom is -0.386 e. The Bertz CT molecular complexity index is 190. The molecule has 0 aromatic rings. The molecule has 1 unspecified atom stereocenters. The number of carbonyl (C=O) groups excluding carboxylic acids is 1. The summed E-state index contributed by atoms with van der Waals surface area (Å²) in [5.74, 6) is 0.557. The summed E-state index contributed by atoms with van der Waals surface area (Å²) >= 11 is 0. The molecule has 2 nitrogen and oxygen atoms in total. The van der Waals surface area contributed by atoms with Gasteiger partial charge in [0.1, 0.15) is 0 Å². The molecule has 0 aromatic heterocycles. The van der Waals surface area contributed by atoms with Gasteiger partial charge in [0.15, 0.2) is 5.78 Å². The zero-order chi connectivity index (χ0) is 10.5. The molecule has 0 rings (SSSR count). The van der Waals surface area contributed by atoms with Crippen LogP contribution in [0.2, 0.25) is 0 Å². The zero-order valence-electron chi connectivity index (χ0n) is 9.00. The normalized spacial score (nSPS) is 16.5. The van der Waals surface area contributed by atoms with Crippen LogP contribution in [0.5, 0.6) is 0 Å². The van der Waals surface area contributed by atoms with Crippen LogP contribution < -0.4 is 0 Å². The molecule has 0 saturated heterocycles. The molecule has 0 aliphatic rings. The highest BCUT2D eigenvalue weighted by atomic mass is 16.3. The quantitative estimate of drug-likeness (QED) is 0.666. The molecule has 0 saturated carbocycles. The summed E-state index contributed by atoms with van der Waals surface area (Å²) in [6.45, 7) is 7.44. The fourth-order valence-corrected chi connectivity index (χ4v) is 0.961. The predicted octanol–water partition coefficient (Wildman–Crippen LogP) is 2.32. The fraction of sp³-hybridized carbons (Fsp3) is 0.727. The van der Waals surface area contributed by atoms with Gasteiger partial charge >= 0.3 is 0 Å². The summed E-state index contributed by atoms with van der Waals surface area (Å²) in [6, 6.07) is 0. The molecule has 13 heavy (non-hydrogen) atoms. The molecule has 1 N–H and O–H groups in total. The Morgan fingerprint density at radius 1 is 1.54 bits per heavy atom. The van der Waals surface area contributed by atoms with Crippen LogP contribution in [0.4, 0.5) is 0 Å². The minimum atomic E-state index is -0.837. The molecule has 0 aliphatic heterocycles. The molecule has 0 bridgehead atoms. The van der Waals surface area contributed by atoms with Gasteiger partial charge < -0.3 is 5.11 Å². The summed E-state index contributed by atoms with van der Waals surface area (Å²) in [5.41, 5.74) is -0.837. The molecule has 0 radical (unpaired) electrons. The van der Waals surface area contributed by atoms with Gasteiger partial charge in [-0.3, -0.25) is 4.79 Å². The van der Waals surface area contributed by atoms with E-state index in [1.165, 1.54) is 13.0 Å².